The van der Waals surface area contributed by atoms with E-state index in [4.69, 9.17) is 0 Å². The minimum Gasteiger partial charge on any atom is -0.508 e. The Morgan fingerprint density at radius 1 is 1.37 bits per heavy atom. The van der Waals surface area contributed by atoms with E-state index >= 15 is 0 Å². The summed E-state index contributed by atoms with van der Waals surface area (Å²) in [5.74, 6) is 0.129. The van der Waals surface area contributed by atoms with E-state index in [9.17, 15) is 9.90 Å². The van der Waals surface area contributed by atoms with Gasteiger partial charge in [-0.3, -0.25) is 4.79 Å². The minimum absolute atomic E-state index is 0.0478. The number of carbonyl (C=O) groups excluding carboxylic acids is 1. The average molecular weight is 328 g/mol. The van der Waals surface area contributed by atoms with Crippen molar-refractivity contribution in [1.82, 2.24) is 5.32 Å². The Morgan fingerprint density at radius 3 is 2.68 bits per heavy atom. The van der Waals surface area contributed by atoms with Crippen molar-refractivity contribution in [3.05, 3.63) is 29.8 Å². The van der Waals surface area contributed by atoms with E-state index in [1.807, 2.05) is 6.07 Å². The summed E-state index contributed by atoms with van der Waals surface area (Å²) < 4.78 is 0. The summed E-state index contributed by atoms with van der Waals surface area (Å²) in [4.78, 5) is 11.9. The molecule has 0 aromatic heterocycles. The Kier molecular flexibility index (Phi) is 6.35. The molecule has 1 aromatic carbocycles. The van der Waals surface area contributed by atoms with Crippen LogP contribution in [0.3, 0.4) is 0 Å². The van der Waals surface area contributed by atoms with Crippen molar-refractivity contribution in [1.29, 1.82) is 0 Å². The number of amides is 1. The Balaban J connectivity index is 2.42. The molecule has 1 rings (SSSR count). The third kappa shape index (κ3) is 6.10. The van der Waals surface area contributed by atoms with Gasteiger partial charge in [-0.15, -0.1) is 0 Å². The molecular formula is C15H22BrNO2. The summed E-state index contributed by atoms with van der Waals surface area (Å²) in [6, 6.07) is 6.94. The quantitative estimate of drug-likeness (QED) is 0.755. The first-order valence-corrected chi connectivity index (χ1v) is 7.66. The van der Waals surface area contributed by atoms with Crippen LogP contribution >= 0.6 is 15.9 Å². The van der Waals surface area contributed by atoms with E-state index in [1.54, 1.807) is 18.2 Å². The second-order valence-electron chi connectivity index (χ2n) is 5.54. The molecule has 0 saturated carbocycles. The third-order valence-corrected chi connectivity index (χ3v) is 3.65. The highest BCUT2D eigenvalue weighted by molar-refractivity contribution is 9.09. The molecule has 4 heteroatoms. The summed E-state index contributed by atoms with van der Waals surface area (Å²) in [5, 5.41) is 13.5. The molecule has 1 aromatic rings. The van der Waals surface area contributed by atoms with Crippen LogP contribution in [0.25, 0.3) is 0 Å². The summed E-state index contributed by atoms with van der Waals surface area (Å²) in [6.45, 7) is 4.96. The van der Waals surface area contributed by atoms with Crippen LogP contribution in [0.15, 0.2) is 24.3 Å². The van der Waals surface area contributed by atoms with Gasteiger partial charge in [-0.2, -0.15) is 0 Å². The fourth-order valence-corrected chi connectivity index (χ4v) is 2.15. The van der Waals surface area contributed by atoms with Gasteiger partial charge in [-0.25, -0.2) is 0 Å². The molecule has 0 radical (unpaired) electrons. The van der Waals surface area contributed by atoms with Gasteiger partial charge in [0, 0.05) is 17.4 Å². The zero-order valence-electron chi connectivity index (χ0n) is 11.6. The number of benzene rings is 1. The standard InChI is InChI=1S/C15H22BrNO2/c1-15(2,8-5-9-16)11-17-14(19)10-12-6-3-4-7-13(12)18/h3-4,6-7,18H,5,8-11H2,1-2H3,(H,17,19). The number of rotatable bonds is 7. The molecule has 0 spiro atoms. The van der Waals surface area contributed by atoms with Gasteiger partial charge < -0.3 is 10.4 Å². The Morgan fingerprint density at radius 2 is 2.05 bits per heavy atom. The fourth-order valence-electron chi connectivity index (χ4n) is 1.87. The largest absolute Gasteiger partial charge is 0.508 e. The number of phenols is 1. The summed E-state index contributed by atoms with van der Waals surface area (Å²) in [7, 11) is 0. The number of hydrogen-bond acceptors (Lipinski definition) is 2. The van der Waals surface area contributed by atoms with E-state index in [0.717, 1.165) is 18.2 Å². The first-order chi connectivity index (χ1) is 8.94. The number of carbonyl (C=O) groups is 1. The zero-order valence-corrected chi connectivity index (χ0v) is 13.2. The van der Waals surface area contributed by atoms with Gasteiger partial charge in [-0.1, -0.05) is 48.0 Å². The van der Waals surface area contributed by atoms with Gasteiger partial charge in [-0.05, 0) is 24.3 Å². The summed E-state index contributed by atoms with van der Waals surface area (Å²) in [5.41, 5.74) is 0.764. The normalized spacial score (nSPS) is 11.3. The van der Waals surface area contributed by atoms with E-state index in [0.29, 0.717) is 12.1 Å². The van der Waals surface area contributed by atoms with Crippen LogP contribution in [0.2, 0.25) is 0 Å². The van der Waals surface area contributed by atoms with Crippen molar-refractivity contribution in [2.24, 2.45) is 5.41 Å². The van der Waals surface area contributed by atoms with E-state index in [1.165, 1.54) is 0 Å². The zero-order chi connectivity index (χ0) is 14.3. The Bertz CT molecular complexity index is 418. The molecule has 1 amide bonds. The van der Waals surface area contributed by atoms with Crippen molar-refractivity contribution < 1.29 is 9.90 Å². The van der Waals surface area contributed by atoms with Crippen molar-refractivity contribution >= 4 is 21.8 Å². The molecule has 0 atom stereocenters. The van der Waals surface area contributed by atoms with Gasteiger partial charge in [0.1, 0.15) is 5.75 Å². The highest BCUT2D eigenvalue weighted by Crippen LogP contribution is 2.22. The third-order valence-electron chi connectivity index (χ3n) is 3.09. The molecule has 19 heavy (non-hydrogen) atoms. The van der Waals surface area contributed by atoms with Crippen molar-refractivity contribution in [3.8, 4) is 5.75 Å². The van der Waals surface area contributed by atoms with Crippen LogP contribution in [0.1, 0.15) is 32.3 Å². The van der Waals surface area contributed by atoms with Crippen molar-refractivity contribution in [3.63, 3.8) is 0 Å². The highest BCUT2D eigenvalue weighted by atomic mass is 79.9. The smallest absolute Gasteiger partial charge is 0.224 e. The number of aromatic hydroxyl groups is 1. The average Bonchev–Trinajstić information content (AvgIpc) is 2.37. The minimum atomic E-state index is -0.0478. The van der Waals surface area contributed by atoms with Crippen molar-refractivity contribution in [2.45, 2.75) is 33.1 Å². The Hall–Kier alpha value is -1.03. The number of halogens is 1. The van der Waals surface area contributed by atoms with Gasteiger partial charge >= 0.3 is 0 Å². The molecule has 0 bridgehead atoms. The molecule has 0 unspecified atom stereocenters. The highest BCUT2D eigenvalue weighted by Gasteiger charge is 2.18. The van der Waals surface area contributed by atoms with E-state index < -0.39 is 0 Å². The number of phenolic OH excluding ortho intramolecular Hbond substituents is 1. The van der Waals surface area contributed by atoms with Crippen LogP contribution in [0.4, 0.5) is 0 Å². The van der Waals surface area contributed by atoms with Gasteiger partial charge in [0.2, 0.25) is 5.91 Å². The van der Waals surface area contributed by atoms with E-state index in [2.05, 4.69) is 35.1 Å². The topological polar surface area (TPSA) is 49.3 Å². The molecule has 0 heterocycles. The lowest BCUT2D eigenvalue weighted by Gasteiger charge is -2.24. The molecule has 0 aliphatic heterocycles. The molecule has 0 saturated heterocycles. The monoisotopic (exact) mass is 327 g/mol. The van der Waals surface area contributed by atoms with Gasteiger partial charge in [0.15, 0.2) is 0 Å². The maximum absolute atomic E-state index is 11.9. The predicted molar refractivity (Wildman–Crippen MR) is 81.6 cm³/mol. The molecule has 0 aliphatic carbocycles. The SMILES string of the molecule is CC(C)(CCCBr)CNC(=O)Cc1ccccc1O. The molecule has 0 aliphatic rings. The number of para-hydroxylation sites is 1. The lowest BCUT2D eigenvalue weighted by Crippen LogP contribution is -2.34. The Labute approximate surface area is 123 Å². The van der Waals surface area contributed by atoms with Crippen LogP contribution in [0, 0.1) is 5.41 Å². The lowest BCUT2D eigenvalue weighted by molar-refractivity contribution is -0.120. The van der Waals surface area contributed by atoms with Crippen LogP contribution in [-0.4, -0.2) is 22.9 Å². The van der Waals surface area contributed by atoms with Crippen molar-refractivity contribution in [2.75, 3.05) is 11.9 Å². The summed E-state index contributed by atoms with van der Waals surface area (Å²) in [6.07, 6.45) is 2.39. The van der Waals surface area contributed by atoms with Crippen LogP contribution in [0.5, 0.6) is 5.75 Å². The van der Waals surface area contributed by atoms with Gasteiger partial charge in [0.25, 0.3) is 0 Å². The van der Waals surface area contributed by atoms with Crippen LogP contribution < -0.4 is 5.32 Å². The lowest BCUT2D eigenvalue weighted by atomic mass is 9.88. The van der Waals surface area contributed by atoms with E-state index in [-0.39, 0.29) is 23.5 Å². The fraction of sp³-hybridized carbons (Fsp3) is 0.533. The molecule has 3 nitrogen and oxygen atoms in total. The van der Waals surface area contributed by atoms with Crippen LogP contribution in [-0.2, 0) is 11.2 Å². The maximum atomic E-state index is 11.9. The molecule has 2 N–H and O–H groups in total. The maximum Gasteiger partial charge on any atom is 0.224 e. The number of hydrogen-bond donors (Lipinski definition) is 2. The first-order valence-electron chi connectivity index (χ1n) is 6.54. The second-order valence-corrected chi connectivity index (χ2v) is 6.33. The molecule has 106 valence electrons. The molecule has 0 fully saturated rings. The number of alkyl halides is 1. The van der Waals surface area contributed by atoms with Gasteiger partial charge in [0.05, 0.1) is 6.42 Å². The number of nitrogens with one attached hydrogen (secondary N) is 1. The first kappa shape index (κ1) is 16.0. The summed E-state index contributed by atoms with van der Waals surface area (Å²) >= 11 is 3.42. The predicted octanol–water partition coefficient (Wildman–Crippen LogP) is 3.25. The second kappa shape index (κ2) is 7.53. The molecular weight excluding hydrogens is 306 g/mol.